The first-order valence-electron chi connectivity index (χ1n) is 7.42. The fourth-order valence-electron chi connectivity index (χ4n) is 2.70. The molecule has 1 saturated carbocycles. The number of nitrogens with zero attached hydrogens (tertiary/aromatic N) is 4. The van der Waals surface area contributed by atoms with Crippen LogP contribution in [-0.2, 0) is 11.8 Å². The van der Waals surface area contributed by atoms with Gasteiger partial charge in [0, 0.05) is 11.8 Å². The summed E-state index contributed by atoms with van der Waals surface area (Å²) in [6.45, 7) is 1.82. The van der Waals surface area contributed by atoms with E-state index in [0.29, 0.717) is 11.7 Å². The van der Waals surface area contributed by atoms with E-state index in [4.69, 9.17) is 4.74 Å². The van der Waals surface area contributed by atoms with Gasteiger partial charge in [0.05, 0.1) is 5.56 Å². The molecular weight excluding hydrogens is 321 g/mol. The number of benzene rings is 1. The lowest BCUT2D eigenvalue weighted by Gasteiger charge is -2.19. The Morgan fingerprint density at radius 3 is 2.50 bits per heavy atom. The summed E-state index contributed by atoms with van der Waals surface area (Å²) in [5, 5.41) is 4.08. The van der Waals surface area contributed by atoms with Crippen LogP contribution in [0.3, 0.4) is 0 Å². The standard InChI is InChI=1S/C16H13F3N4O/c1-10-8-13(23-14(22-10)20-9-21-23)24-15(6-7-15)11-2-4-12(5-3-11)16(17,18)19/h2-5,8-9H,6-7H2,1H3. The van der Waals surface area contributed by atoms with Gasteiger partial charge in [-0.1, -0.05) is 12.1 Å². The summed E-state index contributed by atoms with van der Waals surface area (Å²) in [5.74, 6) is 0.903. The van der Waals surface area contributed by atoms with Gasteiger partial charge in [0.25, 0.3) is 5.78 Å². The summed E-state index contributed by atoms with van der Waals surface area (Å²) >= 11 is 0. The third kappa shape index (κ3) is 2.47. The molecule has 1 aliphatic rings. The highest BCUT2D eigenvalue weighted by molar-refractivity contribution is 5.37. The zero-order chi connectivity index (χ0) is 16.9. The molecule has 0 unspecified atom stereocenters. The topological polar surface area (TPSA) is 52.3 Å². The summed E-state index contributed by atoms with van der Waals surface area (Å²) in [6.07, 6.45) is -1.50. The molecule has 0 aliphatic heterocycles. The van der Waals surface area contributed by atoms with Gasteiger partial charge in [-0.25, -0.2) is 4.98 Å². The van der Waals surface area contributed by atoms with Crippen LogP contribution in [0.15, 0.2) is 36.7 Å². The molecule has 24 heavy (non-hydrogen) atoms. The van der Waals surface area contributed by atoms with Gasteiger partial charge >= 0.3 is 6.18 Å². The summed E-state index contributed by atoms with van der Waals surface area (Å²) in [7, 11) is 0. The number of fused-ring (bicyclic) bond motifs is 1. The van der Waals surface area contributed by atoms with Crippen molar-refractivity contribution in [3.8, 4) is 5.88 Å². The number of aryl methyl sites for hydroxylation is 1. The highest BCUT2D eigenvalue weighted by Gasteiger charge is 2.48. The molecule has 0 spiro atoms. The Kier molecular flexibility index (Phi) is 3.06. The molecule has 1 aliphatic carbocycles. The summed E-state index contributed by atoms with van der Waals surface area (Å²) < 4.78 is 45.7. The summed E-state index contributed by atoms with van der Waals surface area (Å²) in [5.41, 5.74) is 0.170. The van der Waals surface area contributed by atoms with E-state index in [2.05, 4.69) is 15.1 Å². The van der Waals surface area contributed by atoms with Crippen LogP contribution >= 0.6 is 0 Å². The van der Waals surface area contributed by atoms with Gasteiger partial charge in [0.1, 0.15) is 11.9 Å². The molecule has 3 aromatic rings. The smallest absolute Gasteiger partial charge is 0.416 e. The Balaban J connectivity index is 1.67. The fraction of sp³-hybridized carbons (Fsp3) is 0.312. The Morgan fingerprint density at radius 2 is 1.88 bits per heavy atom. The number of hydrogen-bond acceptors (Lipinski definition) is 4. The van der Waals surface area contributed by atoms with Crippen molar-refractivity contribution in [1.82, 2.24) is 19.6 Å². The molecule has 0 N–H and O–H groups in total. The molecule has 1 fully saturated rings. The molecule has 0 bridgehead atoms. The van der Waals surface area contributed by atoms with Crippen molar-refractivity contribution in [3.05, 3.63) is 53.5 Å². The van der Waals surface area contributed by atoms with E-state index in [0.717, 1.165) is 36.2 Å². The second-order valence-corrected chi connectivity index (χ2v) is 5.88. The van der Waals surface area contributed by atoms with Crippen molar-refractivity contribution in [1.29, 1.82) is 0 Å². The van der Waals surface area contributed by atoms with Crippen molar-refractivity contribution in [2.45, 2.75) is 31.5 Å². The Hall–Kier alpha value is -2.64. The molecule has 2 heterocycles. The van der Waals surface area contributed by atoms with Crippen LogP contribution in [0.4, 0.5) is 13.2 Å². The van der Waals surface area contributed by atoms with Gasteiger partial charge in [0.15, 0.2) is 0 Å². The van der Waals surface area contributed by atoms with E-state index >= 15 is 0 Å². The molecule has 0 amide bonds. The first-order valence-corrected chi connectivity index (χ1v) is 7.42. The van der Waals surface area contributed by atoms with Crippen LogP contribution in [0.25, 0.3) is 5.78 Å². The molecule has 0 saturated heterocycles. The maximum Gasteiger partial charge on any atom is 0.416 e. The van der Waals surface area contributed by atoms with Crippen LogP contribution in [0.2, 0.25) is 0 Å². The van der Waals surface area contributed by atoms with Crippen LogP contribution in [0, 0.1) is 6.92 Å². The lowest BCUT2D eigenvalue weighted by atomic mass is 10.1. The van der Waals surface area contributed by atoms with Crippen molar-refractivity contribution >= 4 is 5.78 Å². The average Bonchev–Trinajstić information content (AvgIpc) is 3.15. The minimum absolute atomic E-state index is 0.424. The second kappa shape index (κ2) is 4.93. The Morgan fingerprint density at radius 1 is 1.17 bits per heavy atom. The predicted octanol–water partition coefficient (Wildman–Crippen LogP) is 3.52. The number of hydrogen-bond donors (Lipinski definition) is 0. The van der Waals surface area contributed by atoms with Crippen molar-refractivity contribution in [2.24, 2.45) is 0 Å². The van der Waals surface area contributed by atoms with Crippen LogP contribution in [0.5, 0.6) is 5.88 Å². The molecule has 8 heteroatoms. The summed E-state index contributed by atoms with van der Waals surface area (Å²) in [6, 6.07) is 6.86. The molecule has 4 rings (SSSR count). The number of aromatic nitrogens is 4. The molecule has 0 atom stereocenters. The zero-order valence-electron chi connectivity index (χ0n) is 12.7. The molecule has 0 radical (unpaired) electrons. The second-order valence-electron chi connectivity index (χ2n) is 5.88. The predicted molar refractivity (Wildman–Crippen MR) is 78.5 cm³/mol. The van der Waals surface area contributed by atoms with Crippen LogP contribution in [0.1, 0.15) is 29.7 Å². The quantitative estimate of drug-likeness (QED) is 0.735. The number of alkyl halides is 3. The van der Waals surface area contributed by atoms with Gasteiger partial charge in [-0.15, -0.1) is 0 Å². The van der Waals surface area contributed by atoms with Gasteiger partial charge < -0.3 is 4.74 Å². The van der Waals surface area contributed by atoms with Gasteiger partial charge in [0.2, 0.25) is 5.88 Å². The van der Waals surface area contributed by atoms with E-state index in [1.165, 1.54) is 23.0 Å². The third-order valence-corrected chi connectivity index (χ3v) is 4.09. The number of halogens is 3. The van der Waals surface area contributed by atoms with Crippen molar-refractivity contribution in [3.63, 3.8) is 0 Å². The highest BCUT2D eigenvalue weighted by Crippen LogP contribution is 2.49. The van der Waals surface area contributed by atoms with Crippen LogP contribution < -0.4 is 4.74 Å². The first kappa shape index (κ1) is 14.9. The van der Waals surface area contributed by atoms with Gasteiger partial charge in [-0.2, -0.15) is 27.8 Å². The Bertz CT molecular complexity index is 898. The van der Waals surface area contributed by atoms with E-state index < -0.39 is 17.3 Å². The monoisotopic (exact) mass is 334 g/mol. The molecule has 2 aromatic heterocycles. The fourth-order valence-corrected chi connectivity index (χ4v) is 2.70. The van der Waals surface area contributed by atoms with E-state index in [1.807, 2.05) is 6.92 Å². The molecule has 124 valence electrons. The molecule has 1 aromatic carbocycles. The van der Waals surface area contributed by atoms with E-state index in [-0.39, 0.29) is 0 Å². The minimum Gasteiger partial charge on any atom is -0.466 e. The van der Waals surface area contributed by atoms with E-state index in [1.54, 1.807) is 6.07 Å². The normalized spacial score (nSPS) is 16.3. The van der Waals surface area contributed by atoms with Crippen LogP contribution in [-0.4, -0.2) is 19.6 Å². The lowest BCUT2D eigenvalue weighted by Crippen LogP contribution is -2.18. The third-order valence-electron chi connectivity index (χ3n) is 4.09. The average molecular weight is 334 g/mol. The largest absolute Gasteiger partial charge is 0.466 e. The molecular formula is C16H13F3N4O. The number of ether oxygens (including phenoxy) is 1. The Labute approximate surface area is 135 Å². The summed E-state index contributed by atoms with van der Waals surface area (Å²) in [4.78, 5) is 8.28. The maximum atomic E-state index is 12.7. The maximum absolute atomic E-state index is 12.7. The minimum atomic E-state index is -4.34. The SMILES string of the molecule is Cc1cc(OC2(c3ccc(C(F)(F)F)cc3)CC2)n2ncnc2n1. The van der Waals surface area contributed by atoms with Crippen molar-refractivity contribution < 1.29 is 17.9 Å². The van der Waals surface area contributed by atoms with Gasteiger partial charge in [-0.3, -0.25) is 0 Å². The zero-order valence-corrected chi connectivity index (χ0v) is 12.7. The van der Waals surface area contributed by atoms with Gasteiger partial charge in [-0.05, 0) is 37.5 Å². The number of rotatable bonds is 3. The van der Waals surface area contributed by atoms with Crippen molar-refractivity contribution in [2.75, 3.05) is 0 Å². The lowest BCUT2D eigenvalue weighted by molar-refractivity contribution is -0.137. The first-order chi connectivity index (χ1) is 11.4. The van der Waals surface area contributed by atoms with E-state index in [9.17, 15) is 13.2 Å². The highest BCUT2D eigenvalue weighted by atomic mass is 19.4. The molecule has 5 nitrogen and oxygen atoms in total.